The second-order valence-corrected chi connectivity index (χ2v) is 5.64. The molecule has 1 rings (SSSR count). The summed E-state index contributed by atoms with van der Waals surface area (Å²) in [6.45, 7) is 2.92. The van der Waals surface area contributed by atoms with E-state index in [4.69, 9.17) is 10.9 Å². The predicted octanol–water partition coefficient (Wildman–Crippen LogP) is 2.20. The fourth-order valence-corrected chi connectivity index (χ4v) is 2.70. The maximum Gasteiger partial charge on any atom is 0.147 e. The molecule has 3 N–H and O–H groups in total. The summed E-state index contributed by atoms with van der Waals surface area (Å²) < 4.78 is 0. The topological polar surface area (TPSA) is 61.8 Å². The molecule has 0 fully saturated rings. The molecule has 0 aliphatic heterocycles. The molecule has 0 radical (unpaired) electrons. The van der Waals surface area contributed by atoms with Crippen molar-refractivity contribution in [2.75, 3.05) is 25.6 Å². The Morgan fingerprint density at radius 2 is 2.05 bits per heavy atom. The molecule has 0 aliphatic rings. The molecule has 0 saturated heterocycles. The zero-order valence-electron chi connectivity index (χ0n) is 11.8. The minimum Gasteiger partial charge on any atom is -0.409 e. The van der Waals surface area contributed by atoms with Crippen LogP contribution in [0.1, 0.15) is 18.4 Å². The predicted molar refractivity (Wildman–Crippen MR) is 83.1 cm³/mol. The molecule has 19 heavy (non-hydrogen) atoms. The Hall–Kier alpha value is -1.20. The normalized spacial score (nSPS) is 15.5. The SMILES string of the molecule is CSCC(C)N(C)CC(/C(N)=N/O)c1ccccc1. The van der Waals surface area contributed by atoms with Crippen molar-refractivity contribution in [2.45, 2.75) is 18.9 Å². The molecule has 0 amide bonds. The van der Waals surface area contributed by atoms with Gasteiger partial charge in [-0.2, -0.15) is 11.8 Å². The number of rotatable bonds is 7. The van der Waals surface area contributed by atoms with Gasteiger partial charge in [0.05, 0.1) is 5.92 Å². The molecule has 0 saturated carbocycles. The smallest absolute Gasteiger partial charge is 0.147 e. The molecule has 1 aromatic carbocycles. The van der Waals surface area contributed by atoms with Gasteiger partial charge in [-0.15, -0.1) is 0 Å². The Morgan fingerprint density at radius 3 is 2.58 bits per heavy atom. The third kappa shape index (κ3) is 4.76. The first-order chi connectivity index (χ1) is 9.10. The lowest BCUT2D eigenvalue weighted by molar-refractivity contribution is 0.270. The van der Waals surface area contributed by atoms with E-state index in [1.807, 2.05) is 42.1 Å². The molecule has 4 nitrogen and oxygen atoms in total. The van der Waals surface area contributed by atoms with Crippen LogP contribution in [-0.2, 0) is 0 Å². The van der Waals surface area contributed by atoms with Crippen LogP contribution in [0.5, 0.6) is 0 Å². The summed E-state index contributed by atoms with van der Waals surface area (Å²) in [5, 5.41) is 12.1. The maximum absolute atomic E-state index is 8.96. The van der Waals surface area contributed by atoms with E-state index < -0.39 is 0 Å². The lowest BCUT2D eigenvalue weighted by atomic mass is 9.97. The van der Waals surface area contributed by atoms with Gasteiger partial charge in [0.2, 0.25) is 0 Å². The molecular formula is C14H23N3OS. The summed E-state index contributed by atoms with van der Waals surface area (Å²) in [5.41, 5.74) is 6.91. The van der Waals surface area contributed by atoms with Crippen molar-refractivity contribution in [3.8, 4) is 0 Å². The average molecular weight is 281 g/mol. The Bertz CT molecular complexity index is 397. The number of likely N-dealkylation sites (N-methyl/N-ethyl adjacent to an activating group) is 1. The minimum atomic E-state index is -0.0829. The Kier molecular flexibility index (Phi) is 6.73. The van der Waals surface area contributed by atoms with E-state index in [-0.39, 0.29) is 11.8 Å². The monoisotopic (exact) mass is 281 g/mol. The quantitative estimate of drug-likeness (QED) is 0.348. The molecule has 2 unspecified atom stereocenters. The first kappa shape index (κ1) is 15.9. The van der Waals surface area contributed by atoms with Crippen LogP contribution in [0.25, 0.3) is 0 Å². The first-order valence-electron chi connectivity index (χ1n) is 6.31. The average Bonchev–Trinajstić information content (AvgIpc) is 2.44. The highest BCUT2D eigenvalue weighted by atomic mass is 32.2. The molecule has 0 aliphatic carbocycles. The summed E-state index contributed by atoms with van der Waals surface area (Å²) in [7, 11) is 2.07. The van der Waals surface area contributed by atoms with Crippen LogP contribution in [-0.4, -0.2) is 47.6 Å². The van der Waals surface area contributed by atoms with Gasteiger partial charge >= 0.3 is 0 Å². The van der Waals surface area contributed by atoms with E-state index in [2.05, 4.69) is 30.3 Å². The number of oxime groups is 1. The van der Waals surface area contributed by atoms with Crippen molar-refractivity contribution in [3.63, 3.8) is 0 Å². The second kappa shape index (κ2) is 8.07. The van der Waals surface area contributed by atoms with Crippen molar-refractivity contribution in [3.05, 3.63) is 35.9 Å². The number of nitrogens with two attached hydrogens (primary N) is 1. The van der Waals surface area contributed by atoms with Crippen LogP contribution in [0, 0.1) is 0 Å². The van der Waals surface area contributed by atoms with Crippen LogP contribution in [0.2, 0.25) is 0 Å². The first-order valence-corrected chi connectivity index (χ1v) is 7.71. The van der Waals surface area contributed by atoms with Gasteiger partial charge < -0.3 is 15.8 Å². The number of amidine groups is 1. The van der Waals surface area contributed by atoms with E-state index >= 15 is 0 Å². The van der Waals surface area contributed by atoms with Crippen LogP contribution < -0.4 is 5.73 Å². The number of thioether (sulfide) groups is 1. The van der Waals surface area contributed by atoms with Crippen LogP contribution >= 0.6 is 11.8 Å². The molecular weight excluding hydrogens is 258 g/mol. The lowest BCUT2D eigenvalue weighted by Gasteiger charge is -2.28. The van der Waals surface area contributed by atoms with E-state index in [9.17, 15) is 0 Å². The highest BCUT2D eigenvalue weighted by Crippen LogP contribution is 2.18. The van der Waals surface area contributed by atoms with Gasteiger partial charge in [-0.05, 0) is 25.8 Å². The van der Waals surface area contributed by atoms with E-state index in [0.717, 1.165) is 17.9 Å². The maximum atomic E-state index is 8.96. The van der Waals surface area contributed by atoms with Gasteiger partial charge in [0.25, 0.3) is 0 Å². The number of hydrogen-bond donors (Lipinski definition) is 2. The van der Waals surface area contributed by atoms with Gasteiger partial charge in [-0.25, -0.2) is 0 Å². The van der Waals surface area contributed by atoms with Gasteiger partial charge in [-0.1, -0.05) is 35.5 Å². The Morgan fingerprint density at radius 1 is 1.42 bits per heavy atom. The largest absolute Gasteiger partial charge is 0.409 e. The van der Waals surface area contributed by atoms with Crippen molar-refractivity contribution in [2.24, 2.45) is 10.9 Å². The van der Waals surface area contributed by atoms with Crippen molar-refractivity contribution in [1.82, 2.24) is 4.90 Å². The van der Waals surface area contributed by atoms with Crippen molar-refractivity contribution < 1.29 is 5.21 Å². The van der Waals surface area contributed by atoms with Gasteiger partial charge in [0.1, 0.15) is 5.84 Å². The fraction of sp³-hybridized carbons (Fsp3) is 0.500. The van der Waals surface area contributed by atoms with Crippen LogP contribution in [0.3, 0.4) is 0 Å². The Labute approximate surface area is 119 Å². The lowest BCUT2D eigenvalue weighted by Crippen LogP contribution is -2.38. The Balaban J connectivity index is 2.82. The summed E-state index contributed by atoms with van der Waals surface area (Å²) in [4.78, 5) is 2.24. The minimum absolute atomic E-state index is 0.0829. The van der Waals surface area contributed by atoms with Gasteiger partial charge in [-0.3, -0.25) is 0 Å². The molecule has 0 heterocycles. The van der Waals surface area contributed by atoms with Crippen molar-refractivity contribution >= 4 is 17.6 Å². The third-order valence-corrected chi connectivity index (χ3v) is 4.12. The standard InChI is InChI=1S/C14H23N3OS/c1-11(10-19-3)17(2)9-13(14(15)16-18)12-7-5-4-6-8-12/h4-8,11,13,18H,9-10H2,1-3H3,(H2,15,16). The molecule has 1 aromatic rings. The molecule has 106 valence electrons. The third-order valence-electron chi connectivity index (χ3n) is 3.31. The zero-order chi connectivity index (χ0) is 14.3. The highest BCUT2D eigenvalue weighted by molar-refractivity contribution is 7.98. The number of nitrogens with zero attached hydrogens (tertiary/aromatic N) is 2. The van der Waals surface area contributed by atoms with Crippen molar-refractivity contribution in [1.29, 1.82) is 0 Å². The van der Waals surface area contributed by atoms with E-state index in [1.165, 1.54) is 0 Å². The fourth-order valence-electron chi connectivity index (χ4n) is 1.96. The summed E-state index contributed by atoms with van der Waals surface area (Å²) in [6.07, 6.45) is 2.10. The molecule has 0 spiro atoms. The highest BCUT2D eigenvalue weighted by Gasteiger charge is 2.20. The molecule has 0 bridgehead atoms. The van der Waals surface area contributed by atoms with Crippen LogP contribution in [0.4, 0.5) is 0 Å². The molecule has 2 atom stereocenters. The molecule has 5 heteroatoms. The summed E-state index contributed by atoms with van der Waals surface area (Å²) in [6, 6.07) is 10.4. The number of benzene rings is 1. The van der Waals surface area contributed by atoms with Crippen LogP contribution in [0.15, 0.2) is 35.5 Å². The van der Waals surface area contributed by atoms with E-state index in [0.29, 0.717) is 6.04 Å². The van der Waals surface area contributed by atoms with E-state index in [1.54, 1.807) is 0 Å². The van der Waals surface area contributed by atoms with Gasteiger partial charge in [0, 0.05) is 18.3 Å². The second-order valence-electron chi connectivity index (χ2n) is 4.73. The summed E-state index contributed by atoms with van der Waals surface area (Å²) in [5.74, 6) is 1.24. The zero-order valence-corrected chi connectivity index (χ0v) is 12.6. The van der Waals surface area contributed by atoms with Gasteiger partial charge in [0.15, 0.2) is 0 Å². The summed E-state index contributed by atoms with van der Waals surface area (Å²) >= 11 is 1.82. The molecule has 0 aromatic heterocycles. The number of hydrogen-bond acceptors (Lipinski definition) is 4.